The lowest BCUT2D eigenvalue weighted by atomic mass is 9.96. The molecule has 2 rings (SSSR count). The molecule has 2 N–H and O–H groups in total. The van der Waals surface area contributed by atoms with Crippen LogP contribution in [0.2, 0.25) is 0 Å². The highest BCUT2D eigenvalue weighted by molar-refractivity contribution is 7.92. The number of aliphatic hydroxyl groups is 1. The number of nitrogens with one attached hydrogen (secondary N) is 1. The fourth-order valence-electron chi connectivity index (χ4n) is 2.82. The summed E-state index contributed by atoms with van der Waals surface area (Å²) in [4.78, 5) is 11.3. The Morgan fingerprint density at radius 3 is 2.22 bits per heavy atom. The van der Waals surface area contributed by atoms with Gasteiger partial charge in [0.2, 0.25) is 0 Å². The number of sulfone groups is 1. The van der Waals surface area contributed by atoms with Crippen LogP contribution in [-0.4, -0.2) is 36.8 Å². The minimum absolute atomic E-state index is 0.109. The monoisotopic (exact) mass is 477 g/mol. The number of carbonyl (C=O) groups is 1. The zero-order chi connectivity index (χ0) is 24.3. The second-order valence-corrected chi connectivity index (χ2v) is 9.99. The van der Waals surface area contributed by atoms with E-state index in [1.165, 1.54) is 18.2 Å². The third-order valence-corrected chi connectivity index (χ3v) is 5.75. The minimum Gasteiger partial charge on any atom is -0.444 e. The highest BCUT2D eigenvalue weighted by Gasteiger charge is 2.46. The van der Waals surface area contributed by atoms with Gasteiger partial charge in [-0.25, -0.2) is 17.6 Å². The number of benzene rings is 2. The first-order chi connectivity index (χ1) is 14.6. The zero-order valence-electron chi connectivity index (χ0n) is 17.5. The van der Waals surface area contributed by atoms with Gasteiger partial charge in [-0.15, -0.1) is 0 Å². The van der Waals surface area contributed by atoms with E-state index >= 15 is 0 Å². The molecule has 0 fully saturated rings. The van der Waals surface area contributed by atoms with Crippen LogP contribution < -0.4 is 5.32 Å². The molecule has 0 aliphatic carbocycles. The van der Waals surface area contributed by atoms with Crippen molar-refractivity contribution in [3.63, 3.8) is 0 Å². The van der Waals surface area contributed by atoms with Gasteiger partial charge >= 0.3 is 11.6 Å². The van der Waals surface area contributed by atoms with Gasteiger partial charge in [-0.1, -0.05) is 24.3 Å². The molecular formula is C21H23F4NO5S. The second kappa shape index (κ2) is 9.45. The second-order valence-electron chi connectivity index (χ2n) is 8.05. The van der Waals surface area contributed by atoms with Crippen molar-refractivity contribution in [3.8, 4) is 0 Å². The number of hydrogen-bond acceptors (Lipinski definition) is 5. The molecule has 0 saturated carbocycles. The van der Waals surface area contributed by atoms with Crippen LogP contribution in [-0.2, 0) is 21.0 Å². The molecule has 0 aliphatic heterocycles. The van der Waals surface area contributed by atoms with Gasteiger partial charge in [0, 0.05) is 0 Å². The number of ether oxygens (including phenoxy) is 1. The Balaban J connectivity index is 2.37. The van der Waals surface area contributed by atoms with Gasteiger partial charge in [0.05, 0.1) is 17.0 Å². The Hall–Kier alpha value is -2.66. The smallest absolute Gasteiger partial charge is 0.444 e. The van der Waals surface area contributed by atoms with E-state index < -0.39 is 49.9 Å². The summed E-state index contributed by atoms with van der Waals surface area (Å²) in [7, 11) is -5.58. The third-order valence-electron chi connectivity index (χ3n) is 4.26. The lowest BCUT2D eigenvalue weighted by Crippen LogP contribution is -2.43. The molecule has 2 atom stereocenters. The van der Waals surface area contributed by atoms with E-state index in [0.717, 1.165) is 30.3 Å². The molecule has 0 heterocycles. The maximum atomic E-state index is 13.2. The molecule has 176 valence electrons. The minimum atomic E-state index is -5.58. The summed E-state index contributed by atoms with van der Waals surface area (Å²) in [6.07, 6.45) is -2.53. The van der Waals surface area contributed by atoms with Gasteiger partial charge in [0.25, 0.3) is 9.84 Å². The van der Waals surface area contributed by atoms with Crippen LogP contribution >= 0.6 is 0 Å². The van der Waals surface area contributed by atoms with Crippen molar-refractivity contribution in [2.75, 3.05) is 0 Å². The average Bonchev–Trinajstić information content (AvgIpc) is 2.65. The number of halogens is 4. The highest BCUT2D eigenvalue weighted by atomic mass is 32.2. The van der Waals surface area contributed by atoms with Gasteiger partial charge < -0.3 is 15.2 Å². The average molecular weight is 477 g/mol. The number of amides is 1. The van der Waals surface area contributed by atoms with Crippen molar-refractivity contribution in [1.29, 1.82) is 0 Å². The summed E-state index contributed by atoms with van der Waals surface area (Å²) in [6.45, 7) is 4.84. The Morgan fingerprint density at radius 1 is 1.09 bits per heavy atom. The van der Waals surface area contributed by atoms with Crippen molar-refractivity contribution in [1.82, 2.24) is 5.32 Å². The van der Waals surface area contributed by atoms with E-state index in [2.05, 4.69) is 5.32 Å². The maximum absolute atomic E-state index is 13.2. The van der Waals surface area contributed by atoms with E-state index in [9.17, 15) is 35.9 Å². The van der Waals surface area contributed by atoms with Gasteiger partial charge in [0.1, 0.15) is 11.4 Å². The fraction of sp³-hybridized carbons (Fsp3) is 0.381. The summed E-state index contributed by atoms with van der Waals surface area (Å²) >= 11 is 0. The van der Waals surface area contributed by atoms with E-state index in [1.807, 2.05) is 0 Å². The van der Waals surface area contributed by atoms with Crippen LogP contribution in [0.15, 0.2) is 53.4 Å². The van der Waals surface area contributed by atoms with Crippen molar-refractivity contribution in [2.24, 2.45) is 0 Å². The van der Waals surface area contributed by atoms with Gasteiger partial charge in [-0.05, 0) is 62.6 Å². The topological polar surface area (TPSA) is 92.7 Å². The molecule has 1 amide bonds. The van der Waals surface area contributed by atoms with Crippen LogP contribution in [0.3, 0.4) is 0 Å². The number of alkyl halides is 3. The number of hydrogen-bond donors (Lipinski definition) is 2. The van der Waals surface area contributed by atoms with E-state index in [0.29, 0.717) is 0 Å². The van der Waals surface area contributed by atoms with Gasteiger partial charge in [0.15, 0.2) is 0 Å². The van der Waals surface area contributed by atoms with E-state index in [4.69, 9.17) is 4.74 Å². The number of alkyl carbamates (subject to hydrolysis) is 1. The Morgan fingerprint density at radius 2 is 1.69 bits per heavy atom. The Bertz CT molecular complexity index is 1050. The quantitative estimate of drug-likeness (QED) is 0.606. The first-order valence-electron chi connectivity index (χ1n) is 9.43. The molecule has 0 spiro atoms. The van der Waals surface area contributed by atoms with E-state index in [1.54, 1.807) is 20.8 Å². The van der Waals surface area contributed by atoms with Gasteiger partial charge in [-0.3, -0.25) is 0 Å². The lowest BCUT2D eigenvalue weighted by Gasteiger charge is -2.27. The summed E-state index contributed by atoms with van der Waals surface area (Å²) in [5, 5.41) is 13.2. The Kier molecular flexibility index (Phi) is 7.56. The normalized spacial score (nSPS) is 14.5. The molecule has 0 aromatic heterocycles. The molecule has 6 nitrogen and oxygen atoms in total. The third kappa shape index (κ3) is 6.67. The molecular weight excluding hydrogens is 454 g/mol. The first kappa shape index (κ1) is 25.6. The van der Waals surface area contributed by atoms with Crippen LogP contribution in [0.4, 0.5) is 22.4 Å². The summed E-state index contributed by atoms with van der Waals surface area (Å²) < 4.78 is 80.5. The van der Waals surface area contributed by atoms with Gasteiger partial charge in [-0.2, -0.15) is 13.2 Å². The lowest BCUT2D eigenvalue weighted by molar-refractivity contribution is -0.0436. The summed E-state index contributed by atoms with van der Waals surface area (Å²) in [5.41, 5.74) is -6.01. The van der Waals surface area contributed by atoms with Crippen molar-refractivity contribution in [3.05, 3.63) is 65.5 Å². The van der Waals surface area contributed by atoms with Crippen LogP contribution in [0.1, 0.15) is 38.0 Å². The largest absolute Gasteiger partial charge is 0.501 e. The molecule has 0 bridgehead atoms. The molecule has 32 heavy (non-hydrogen) atoms. The SMILES string of the molecule is CC(C)(C)OC(=O)NC(Cc1cccc(S(=O)(=O)C(F)(F)F)c1)C(O)c1ccc(F)cc1. The first-order valence-corrected chi connectivity index (χ1v) is 10.9. The van der Waals surface area contributed by atoms with Crippen LogP contribution in [0.5, 0.6) is 0 Å². The maximum Gasteiger partial charge on any atom is 0.501 e. The fourth-order valence-corrected chi connectivity index (χ4v) is 3.65. The number of aliphatic hydroxyl groups excluding tert-OH is 1. The Labute approximate surface area is 183 Å². The van der Waals surface area contributed by atoms with Crippen molar-refractivity contribution >= 4 is 15.9 Å². The molecule has 2 aromatic rings. The summed E-state index contributed by atoms with van der Waals surface area (Å²) in [5.74, 6) is -0.553. The number of carbonyl (C=O) groups excluding carboxylic acids is 1. The number of rotatable bonds is 6. The molecule has 0 aliphatic rings. The van der Waals surface area contributed by atoms with Crippen molar-refractivity contribution < 1.29 is 40.6 Å². The predicted molar refractivity (Wildman–Crippen MR) is 108 cm³/mol. The van der Waals surface area contributed by atoms with Crippen molar-refractivity contribution in [2.45, 2.75) is 55.3 Å². The van der Waals surface area contributed by atoms with Crippen LogP contribution in [0.25, 0.3) is 0 Å². The highest BCUT2D eigenvalue weighted by Crippen LogP contribution is 2.31. The molecule has 0 saturated heterocycles. The zero-order valence-corrected chi connectivity index (χ0v) is 18.3. The molecule has 11 heteroatoms. The van der Waals surface area contributed by atoms with E-state index in [-0.39, 0.29) is 17.5 Å². The molecule has 2 unspecified atom stereocenters. The van der Waals surface area contributed by atoms with Crippen LogP contribution in [0, 0.1) is 5.82 Å². The standard InChI is InChI=1S/C21H23F4NO5S/c1-20(2,3)31-19(28)26-17(18(27)14-7-9-15(22)10-8-14)12-13-5-4-6-16(11-13)32(29,30)21(23,24)25/h4-11,17-18,27H,12H2,1-3H3,(H,26,28). The molecule has 0 radical (unpaired) electrons. The predicted octanol–water partition coefficient (Wildman–Crippen LogP) is 4.29. The molecule has 2 aromatic carbocycles. The summed E-state index contributed by atoms with van der Waals surface area (Å²) in [6, 6.07) is 7.75.